The molecule has 7 aromatic carbocycles. The van der Waals surface area contributed by atoms with Gasteiger partial charge in [0.25, 0.3) is 0 Å². The van der Waals surface area contributed by atoms with Crippen LogP contribution in [0.3, 0.4) is 0 Å². The van der Waals surface area contributed by atoms with Crippen LogP contribution in [0, 0.1) is 0 Å². The Morgan fingerprint density at radius 2 is 0.887 bits per heavy atom. The lowest BCUT2D eigenvalue weighted by molar-refractivity contribution is 0.647. The highest BCUT2D eigenvalue weighted by molar-refractivity contribution is 6.08. The van der Waals surface area contributed by atoms with Crippen molar-refractivity contribution in [1.82, 2.24) is 15.0 Å². The van der Waals surface area contributed by atoms with Crippen molar-refractivity contribution in [1.29, 1.82) is 0 Å². The quantitative estimate of drug-likeness (QED) is 0.185. The van der Waals surface area contributed by atoms with Crippen molar-refractivity contribution < 1.29 is 8.83 Å². The summed E-state index contributed by atoms with van der Waals surface area (Å²) in [6, 6.07) is 52.6. The van der Waals surface area contributed by atoms with Gasteiger partial charge in [-0.15, -0.1) is 0 Å². The molecule has 1 aliphatic rings. The van der Waals surface area contributed by atoms with E-state index in [4.69, 9.17) is 23.8 Å². The molecule has 0 N–H and O–H groups in total. The predicted molar refractivity (Wildman–Crippen MR) is 214 cm³/mol. The van der Waals surface area contributed by atoms with E-state index in [1.165, 1.54) is 22.3 Å². The fraction of sp³-hybridized carbons (Fsp3) is 0.0625. The van der Waals surface area contributed by atoms with E-state index in [0.29, 0.717) is 17.5 Å². The number of furan rings is 2. The fourth-order valence-corrected chi connectivity index (χ4v) is 8.19. The van der Waals surface area contributed by atoms with Crippen LogP contribution in [0.4, 0.5) is 0 Å². The van der Waals surface area contributed by atoms with Crippen LogP contribution >= 0.6 is 0 Å². The van der Waals surface area contributed by atoms with Crippen LogP contribution in [0.2, 0.25) is 0 Å². The highest BCUT2D eigenvalue weighted by atomic mass is 16.3. The van der Waals surface area contributed by atoms with Crippen LogP contribution in [0.5, 0.6) is 0 Å². The molecule has 0 amide bonds. The molecule has 0 atom stereocenters. The number of benzene rings is 7. The van der Waals surface area contributed by atoms with Crippen molar-refractivity contribution in [3.05, 3.63) is 163 Å². The lowest BCUT2D eigenvalue weighted by Crippen LogP contribution is -2.15. The van der Waals surface area contributed by atoms with Gasteiger partial charge < -0.3 is 8.83 Å². The van der Waals surface area contributed by atoms with E-state index in [-0.39, 0.29) is 5.41 Å². The Labute approximate surface area is 305 Å². The number of para-hydroxylation sites is 2. The molecule has 0 saturated carbocycles. The van der Waals surface area contributed by atoms with E-state index in [2.05, 4.69) is 98.8 Å². The Balaban J connectivity index is 1.02. The predicted octanol–water partition coefficient (Wildman–Crippen LogP) is 12.6. The highest BCUT2D eigenvalue weighted by Crippen LogP contribution is 2.51. The third-order valence-corrected chi connectivity index (χ3v) is 10.9. The molecule has 1 aliphatic carbocycles. The maximum atomic E-state index is 6.30. The molecule has 5 nitrogen and oxygen atoms in total. The first-order chi connectivity index (χ1) is 26.0. The number of fused-ring (bicyclic) bond motifs is 9. The van der Waals surface area contributed by atoms with E-state index >= 15 is 0 Å². The number of nitrogens with zero attached hydrogens (tertiary/aromatic N) is 3. The SMILES string of the molecule is CC1(C)c2cc(-c3cccc(-c4nc(-c5ccccc5)nc(-c5ccc6c(c5)oc5ccccc56)n4)c3)ccc2-c2cc3c(cc21)oc1ccccc13. The molecule has 0 aliphatic heterocycles. The Bertz CT molecular complexity index is 3100. The normalized spacial score (nSPS) is 13.2. The zero-order valence-corrected chi connectivity index (χ0v) is 29.1. The number of hydrogen-bond donors (Lipinski definition) is 0. The molecule has 250 valence electrons. The molecule has 53 heavy (non-hydrogen) atoms. The van der Waals surface area contributed by atoms with Gasteiger partial charge in [0.1, 0.15) is 22.3 Å². The molecule has 0 saturated heterocycles. The third kappa shape index (κ3) is 4.60. The van der Waals surface area contributed by atoms with Gasteiger partial charge in [0.2, 0.25) is 0 Å². The zero-order chi connectivity index (χ0) is 35.3. The highest BCUT2D eigenvalue weighted by Gasteiger charge is 2.36. The average Bonchev–Trinajstić information content (AvgIpc) is 3.84. The minimum absolute atomic E-state index is 0.194. The molecular formula is C48H31N3O2. The Hall–Kier alpha value is -6.85. The maximum Gasteiger partial charge on any atom is 0.164 e. The second kappa shape index (κ2) is 11.1. The second-order valence-corrected chi connectivity index (χ2v) is 14.4. The van der Waals surface area contributed by atoms with E-state index in [0.717, 1.165) is 71.7 Å². The van der Waals surface area contributed by atoms with Crippen LogP contribution in [0.1, 0.15) is 25.0 Å². The van der Waals surface area contributed by atoms with Crippen LogP contribution < -0.4 is 0 Å². The van der Waals surface area contributed by atoms with Gasteiger partial charge >= 0.3 is 0 Å². The Morgan fingerprint density at radius 1 is 0.358 bits per heavy atom. The third-order valence-electron chi connectivity index (χ3n) is 10.9. The smallest absolute Gasteiger partial charge is 0.164 e. The van der Waals surface area contributed by atoms with Gasteiger partial charge in [-0.1, -0.05) is 117 Å². The van der Waals surface area contributed by atoms with Crippen LogP contribution in [-0.4, -0.2) is 15.0 Å². The average molecular weight is 682 g/mol. The van der Waals surface area contributed by atoms with Gasteiger partial charge in [-0.05, 0) is 81.9 Å². The van der Waals surface area contributed by atoms with Gasteiger partial charge in [0.05, 0.1) is 0 Å². The fourth-order valence-electron chi connectivity index (χ4n) is 8.19. The first kappa shape index (κ1) is 29.8. The van der Waals surface area contributed by atoms with Gasteiger partial charge in [-0.2, -0.15) is 0 Å². The summed E-state index contributed by atoms with van der Waals surface area (Å²) in [6.45, 7) is 4.62. The number of rotatable bonds is 4. The largest absolute Gasteiger partial charge is 0.456 e. The van der Waals surface area contributed by atoms with Gasteiger partial charge in [-0.25, -0.2) is 15.0 Å². The summed E-state index contributed by atoms with van der Waals surface area (Å²) >= 11 is 0. The molecule has 10 aromatic rings. The molecule has 5 heteroatoms. The molecule has 3 aromatic heterocycles. The number of aromatic nitrogens is 3. The topological polar surface area (TPSA) is 65.0 Å². The van der Waals surface area contributed by atoms with E-state index in [1.54, 1.807) is 0 Å². The van der Waals surface area contributed by atoms with Crippen molar-refractivity contribution >= 4 is 43.9 Å². The minimum Gasteiger partial charge on any atom is -0.456 e. The van der Waals surface area contributed by atoms with Crippen LogP contribution in [0.25, 0.3) is 100 Å². The standard InChI is InChI=1S/C48H31N3O2/c1-48(2)39-24-30(19-21-33(39)37-26-38-35-16-7-9-18-42(35)53-44(38)27-40(37)48)29-13-10-14-31(23-29)46-49-45(28-11-4-3-5-12-28)50-47(51-46)32-20-22-36-34-15-6-8-17-41(34)52-43(36)25-32/h3-27H,1-2H3. The molecule has 3 heterocycles. The summed E-state index contributed by atoms with van der Waals surface area (Å²) in [4.78, 5) is 15.1. The molecular weight excluding hydrogens is 651 g/mol. The van der Waals surface area contributed by atoms with Crippen molar-refractivity contribution in [2.45, 2.75) is 19.3 Å². The van der Waals surface area contributed by atoms with E-state index < -0.39 is 0 Å². The van der Waals surface area contributed by atoms with Crippen LogP contribution in [-0.2, 0) is 5.41 Å². The molecule has 11 rings (SSSR count). The van der Waals surface area contributed by atoms with Gasteiger partial charge in [-0.3, -0.25) is 0 Å². The van der Waals surface area contributed by atoms with E-state index in [9.17, 15) is 0 Å². The monoisotopic (exact) mass is 681 g/mol. The summed E-state index contributed by atoms with van der Waals surface area (Å²) in [7, 11) is 0. The second-order valence-electron chi connectivity index (χ2n) is 14.4. The summed E-state index contributed by atoms with van der Waals surface area (Å²) in [5, 5.41) is 4.47. The first-order valence-corrected chi connectivity index (χ1v) is 17.9. The lowest BCUT2D eigenvalue weighted by Gasteiger charge is -2.22. The summed E-state index contributed by atoms with van der Waals surface area (Å²) in [5.74, 6) is 1.83. The van der Waals surface area contributed by atoms with Crippen molar-refractivity contribution in [2.24, 2.45) is 0 Å². The summed E-state index contributed by atoms with van der Waals surface area (Å²) in [6.07, 6.45) is 0. The Kier molecular flexibility index (Phi) is 6.23. The Morgan fingerprint density at radius 3 is 1.64 bits per heavy atom. The van der Waals surface area contributed by atoms with E-state index in [1.807, 2.05) is 66.7 Å². The lowest BCUT2D eigenvalue weighted by atomic mass is 9.81. The van der Waals surface area contributed by atoms with Crippen molar-refractivity contribution in [3.63, 3.8) is 0 Å². The first-order valence-electron chi connectivity index (χ1n) is 17.9. The number of hydrogen-bond acceptors (Lipinski definition) is 5. The molecule has 0 bridgehead atoms. The summed E-state index contributed by atoms with van der Waals surface area (Å²) < 4.78 is 12.5. The van der Waals surface area contributed by atoms with Crippen LogP contribution in [0.15, 0.2) is 160 Å². The van der Waals surface area contributed by atoms with Gasteiger partial charge in [0, 0.05) is 43.7 Å². The zero-order valence-electron chi connectivity index (χ0n) is 29.1. The van der Waals surface area contributed by atoms with Crippen molar-refractivity contribution in [2.75, 3.05) is 0 Å². The van der Waals surface area contributed by atoms with Crippen molar-refractivity contribution in [3.8, 4) is 56.4 Å². The molecule has 0 spiro atoms. The summed E-state index contributed by atoms with van der Waals surface area (Å²) in [5.41, 5.74) is 13.4. The molecule has 0 radical (unpaired) electrons. The maximum absolute atomic E-state index is 6.30. The van der Waals surface area contributed by atoms with Gasteiger partial charge in [0.15, 0.2) is 17.5 Å². The molecule has 0 unspecified atom stereocenters. The molecule has 0 fully saturated rings. The minimum atomic E-state index is -0.194.